The summed E-state index contributed by atoms with van der Waals surface area (Å²) in [6, 6.07) is 0. The van der Waals surface area contributed by atoms with Gasteiger partial charge in [0.05, 0.1) is 0 Å². The van der Waals surface area contributed by atoms with Crippen molar-refractivity contribution in [1.29, 1.82) is 0 Å². The molecule has 0 aliphatic carbocycles. The Morgan fingerprint density at radius 3 is 1.69 bits per heavy atom. The van der Waals surface area contributed by atoms with Crippen LogP contribution in [0.5, 0.6) is 0 Å². The Morgan fingerprint density at radius 1 is 1.00 bits per heavy atom. The number of rotatable bonds is 0. The minimum Gasteiger partial charge on any atom is -0.443 e. The smallest absolute Gasteiger partial charge is 0.418 e. The number of nitrogens with zero attached hydrogens (tertiary/aromatic N) is 1. The molecule has 0 aromatic carbocycles. The first-order valence-corrected chi connectivity index (χ1v) is 5.53. The summed E-state index contributed by atoms with van der Waals surface area (Å²) in [5.74, 6) is 0. The maximum atomic E-state index is 12.0. The molecule has 1 aromatic heterocycles. The molecule has 0 aliphatic rings. The van der Waals surface area contributed by atoms with E-state index in [1.165, 1.54) is 0 Å². The summed E-state index contributed by atoms with van der Waals surface area (Å²) in [5, 5.41) is 0. The zero-order valence-electron chi connectivity index (χ0n) is 11.3. The minimum absolute atomic E-state index is 0.293. The normalized spacial score (nSPS) is 11.7. The van der Waals surface area contributed by atoms with E-state index in [1.807, 2.05) is 48.5 Å². The fourth-order valence-corrected chi connectivity index (χ4v) is 1.71. The molecule has 3 nitrogen and oxygen atoms in total. The van der Waals surface area contributed by atoms with Crippen LogP contribution in [0.3, 0.4) is 0 Å². The van der Waals surface area contributed by atoms with Crippen molar-refractivity contribution in [2.75, 3.05) is 0 Å². The first kappa shape index (κ1) is 12.8. The number of ether oxygens (including phenoxy) is 1. The number of hydrogen-bond acceptors (Lipinski definition) is 2. The van der Waals surface area contributed by atoms with E-state index in [1.54, 1.807) is 4.57 Å². The minimum atomic E-state index is -0.456. The maximum Gasteiger partial charge on any atom is 0.418 e. The van der Waals surface area contributed by atoms with Crippen molar-refractivity contribution in [3.8, 4) is 0 Å². The van der Waals surface area contributed by atoms with Crippen LogP contribution >= 0.6 is 0 Å². The molecule has 1 heterocycles. The molecule has 0 saturated carbocycles. The van der Waals surface area contributed by atoms with Gasteiger partial charge in [-0.3, -0.25) is 4.57 Å². The third kappa shape index (κ3) is 2.29. The SMILES string of the molecule is Cc1c(C)c(C)n(C(=O)OC(C)(C)C)c1C. The predicted octanol–water partition coefficient (Wildman–Crippen LogP) is 3.50. The van der Waals surface area contributed by atoms with Gasteiger partial charge in [0.2, 0.25) is 0 Å². The Hall–Kier alpha value is -1.25. The lowest BCUT2D eigenvalue weighted by atomic mass is 10.2. The fraction of sp³-hybridized carbons (Fsp3) is 0.615. The number of carbonyl (C=O) groups is 1. The average Bonchev–Trinajstić information content (AvgIpc) is 2.28. The summed E-state index contributed by atoms with van der Waals surface area (Å²) in [7, 11) is 0. The van der Waals surface area contributed by atoms with E-state index in [-0.39, 0.29) is 6.09 Å². The summed E-state index contributed by atoms with van der Waals surface area (Å²) >= 11 is 0. The van der Waals surface area contributed by atoms with Crippen LogP contribution < -0.4 is 0 Å². The van der Waals surface area contributed by atoms with Gasteiger partial charge in [-0.15, -0.1) is 0 Å². The summed E-state index contributed by atoms with van der Waals surface area (Å²) < 4.78 is 7.03. The van der Waals surface area contributed by atoms with Gasteiger partial charge in [0, 0.05) is 11.4 Å². The van der Waals surface area contributed by atoms with Crippen molar-refractivity contribution in [3.05, 3.63) is 22.5 Å². The number of hydrogen-bond donors (Lipinski definition) is 0. The van der Waals surface area contributed by atoms with E-state index in [0.717, 1.165) is 22.5 Å². The third-order valence-corrected chi connectivity index (χ3v) is 2.89. The summed E-state index contributed by atoms with van der Waals surface area (Å²) in [5.41, 5.74) is 3.78. The van der Waals surface area contributed by atoms with E-state index in [9.17, 15) is 4.79 Å². The Morgan fingerprint density at radius 2 is 1.38 bits per heavy atom. The monoisotopic (exact) mass is 223 g/mol. The van der Waals surface area contributed by atoms with Crippen LogP contribution in [-0.2, 0) is 4.74 Å². The van der Waals surface area contributed by atoms with Crippen molar-refractivity contribution in [2.24, 2.45) is 0 Å². The Labute approximate surface area is 97.4 Å². The quantitative estimate of drug-likeness (QED) is 0.674. The largest absolute Gasteiger partial charge is 0.443 e. The molecule has 0 atom stereocenters. The summed E-state index contributed by atoms with van der Waals surface area (Å²) in [4.78, 5) is 12.0. The molecule has 0 spiro atoms. The molecule has 0 N–H and O–H groups in total. The molecule has 1 aromatic rings. The lowest BCUT2D eigenvalue weighted by Crippen LogP contribution is -2.28. The second-order valence-corrected chi connectivity index (χ2v) is 5.24. The molecular weight excluding hydrogens is 202 g/mol. The van der Waals surface area contributed by atoms with Gasteiger partial charge in [0.15, 0.2) is 0 Å². The molecule has 1 rings (SSSR count). The van der Waals surface area contributed by atoms with Gasteiger partial charge < -0.3 is 4.74 Å². The van der Waals surface area contributed by atoms with Crippen molar-refractivity contribution < 1.29 is 9.53 Å². The van der Waals surface area contributed by atoms with E-state index in [0.29, 0.717) is 0 Å². The zero-order valence-corrected chi connectivity index (χ0v) is 11.3. The maximum absolute atomic E-state index is 12.0. The van der Waals surface area contributed by atoms with Crippen LogP contribution in [0, 0.1) is 27.7 Å². The fourth-order valence-electron chi connectivity index (χ4n) is 1.71. The van der Waals surface area contributed by atoms with Gasteiger partial charge in [-0.25, -0.2) is 4.79 Å². The van der Waals surface area contributed by atoms with Crippen LogP contribution in [0.1, 0.15) is 43.3 Å². The molecule has 0 amide bonds. The van der Waals surface area contributed by atoms with Crippen molar-refractivity contribution in [1.82, 2.24) is 4.57 Å². The lowest BCUT2D eigenvalue weighted by Gasteiger charge is -2.20. The van der Waals surface area contributed by atoms with E-state index < -0.39 is 5.60 Å². The Bertz CT molecular complexity index is 397. The van der Waals surface area contributed by atoms with Gasteiger partial charge in [-0.05, 0) is 59.6 Å². The standard InChI is InChI=1S/C13H21NO2/c1-8-9(2)11(4)14(10(8)3)12(15)16-13(5,6)7/h1-7H3. The van der Waals surface area contributed by atoms with Crippen molar-refractivity contribution in [3.63, 3.8) is 0 Å². The number of carbonyl (C=O) groups excluding carboxylic acids is 1. The average molecular weight is 223 g/mol. The molecule has 0 bridgehead atoms. The molecule has 0 fully saturated rings. The summed E-state index contributed by atoms with van der Waals surface area (Å²) in [6.07, 6.45) is -0.293. The first-order valence-electron chi connectivity index (χ1n) is 5.53. The highest BCUT2D eigenvalue weighted by molar-refractivity contribution is 5.74. The molecule has 3 heteroatoms. The third-order valence-electron chi connectivity index (χ3n) is 2.89. The van der Waals surface area contributed by atoms with E-state index in [4.69, 9.17) is 4.74 Å². The van der Waals surface area contributed by atoms with Crippen LogP contribution in [0.4, 0.5) is 4.79 Å². The first-order chi connectivity index (χ1) is 7.15. The van der Waals surface area contributed by atoms with Gasteiger partial charge in [0.1, 0.15) is 5.60 Å². The van der Waals surface area contributed by atoms with Crippen LogP contribution in [-0.4, -0.2) is 16.3 Å². The zero-order chi connectivity index (χ0) is 12.7. The molecule has 0 aliphatic heterocycles. The highest BCUT2D eigenvalue weighted by Gasteiger charge is 2.22. The topological polar surface area (TPSA) is 31.2 Å². The molecular formula is C13H21NO2. The van der Waals surface area contributed by atoms with Crippen LogP contribution in [0.25, 0.3) is 0 Å². The molecule has 0 unspecified atom stereocenters. The van der Waals surface area contributed by atoms with Crippen molar-refractivity contribution >= 4 is 6.09 Å². The van der Waals surface area contributed by atoms with Gasteiger partial charge in [0.25, 0.3) is 0 Å². The van der Waals surface area contributed by atoms with Crippen molar-refractivity contribution in [2.45, 2.75) is 54.1 Å². The van der Waals surface area contributed by atoms with Gasteiger partial charge >= 0.3 is 6.09 Å². The van der Waals surface area contributed by atoms with Crippen LogP contribution in [0.2, 0.25) is 0 Å². The second-order valence-electron chi connectivity index (χ2n) is 5.24. The van der Waals surface area contributed by atoms with E-state index >= 15 is 0 Å². The van der Waals surface area contributed by atoms with Crippen LogP contribution in [0.15, 0.2) is 0 Å². The Balaban J connectivity index is 3.15. The lowest BCUT2D eigenvalue weighted by molar-refractivity contribution is 0.0531. The van der Waals surface area contributed by atoms with Gasteiger partial charge in [-0.2, -0.15) is 0 Å². The number of aromatic nitrogens is 1. The second kappa shape index (κ2) is 3.96. The highest BCUT2D eigenvalue weighted by Crippen LogP contribution is 2.21. The molecule has 16 heavy (non-hydrogen) atoms. The predicted molar refractivity (Wildman–Crippen MR) is 65.0 cm³/mol. The summed E-state index contributed by atoms with van der Waals surface area (Å²) in [6.45, 7) is 13.6. The Kier molecular flexibility index (Phi) is 3.17. The van der Waals surface area contributed by atoms with E-state index in [2.05, 4.69) is 0 Å². The van der Waals surface area contributed by atoms with Gasteiger partial charge in [-0.1, -0.05) is 0 Å². The molecule has 0 saturated heterocycles. The molecule has 90 valence electrons. The molecule has 0 radical (unpaired) electrons. The highest BCUT2D eigenvalue weighted by atomic mass is 16.6.